The molecule has 2 aromatic rings. The molecule has 2 aromatic carbocycles. The number of ketones is 1. The van der Waals surface area contributed by atoms with Gasteiger partial charge in [0.05, 0.1) is 11.5 Å². The minimum atomic E-state index is -4.67. The van der Waals surface area contributed by atoms with Crippen molar-refractivity contribution < 1.29 is 33.5 Å². The number of phosphoric acid groups is 1. The van der Waals surface area contributed by atoms with Gasteiger partial charge in [0.1, 0.15) is 23.9 Å². The van der Waals surface area contributed by atoms with E-state index in [1.807, 2.05) is 0 Å². The Balaban J connectivity index is 1.88. The number of rotatable bonds is 3. The summed E-state index contributed by atoms with van der Waals surface area (Å²) in [5.74, 6) is -0.419. The zero-order chi connectivity index (χ0) is 16.6. The zero-order valence-electron chi connectivity index (χ0n) is 11.7. The van der Waals surface area contributed by atoms with Crippen LogP contribution in [-0.2, 0) is 4.57 Å². The normalized spacial score (nSPS) is 17.3. The summed E-state index contributed by atoms with van der Waals surface area (Å²) in [6.45, 7) is 0.0932. The first-order valence-electron chi connectivity index (χ1n) is 6.68. The first-order chi connectivity index (χ1) is 10.8. The number of phosphoric ester groups is 1. The van der Waals surface area contributed by atoms with Gasteiger partial charge in [-0.05, 0) is 29.8 Å². The molecule has 0 amide bonds. The predicted molar refractivity (Wildman–Crippen MR) is 79.8 cm³/mol. The third-order valence-corrected chi connectivity index (χ3v) is 3.91. The van der Waals surface area contributed by atoms with Crippen molar-refractivity contribution in [2.45, 2.75) is 5.92 Å². The van der Waals surface area contributed by atoms with Crippen molar-refractivity contribution in [1.29, 1.82) is 0 Å². The van der Waals surface area contributed by atoms with Crippen LogP contribution >= 0.6 is 7.82 Å². The smallest absolute Gasteiger partial charge is 0.508 e. The molecule has 1 heterocycles. The van der Waals surface area contributed by atoms with Crippen LogP contribution in [0.1, 0.15) is 21.8 Å². The number of phenols is 1. The molecular formula is C15H13O7P. The highest BCUT2D eigenvalue weighted by atomic mass is 31.2. The van der Waals surface area contributed by atoms with E-state index in [2.05, 4.69) is 4.52 Å². The number of benzene rings is 2. The van der Waals surface area contributed by atoms with Crippen LogP contribution in [0, 0.1) is 0 Å². The lowest BCUT2D eigenvalue weighted by molar-refractivity contribution is 0.0896. The first kappa shape index (κ1) is 15.6. The van der Waals surface area contributed by atoms with Gasteiger partial charge in [0.25, 0.3) is 0 Å². The van der Waals surface area contributed by atoms with E-state index >= 15 is 0 Å². The molecule has 0 spiro atoms. The van der Waals surface area contributed by atoms with Crippen molar-refractivity contribution in [3.05, 3.63) is 53.6 Å². The number of hydrogen-bond acceptors (Lipinski definition) is 5. The van der Waals surface area contributed by atoms with E-state index in [0.29, 0.717) is 11.1 Å². The molecule has 3 rings (SSSR count). The van der Waals surface area contributed by atoms with E-state index in [9.17, 15) is 14.5 Å². The highest BCUT2D eigenvalue weighted by molar-refractivity contribution is 7.46. The molecule has 120 valence electrons. The molecule has 1 aliphatic rings. The molecule has 23 heavy (non-hydrogen) atoms. The zero-order valence-corrected chi connectivity index (χ0v) is 12.6. The van der Waals surface area contributed by atoms with Crippen molar-refractivity contribution in [3.8, 4) is 17.2 Å². The van der Waals surface area contributed by atoms with Gasteiger partial charge in [0, 0.05) is 6.07 Å². The van der Waals surface area contributed by atoms with Crippen molar-refractivity contribution in [3.63, 3.8) is 0 Å². The molecule has 1 aliphatic heterocycles. The lowest BCUT2D eigenvalue weighted by Gasteiger charge is -2.25. The summed E-state index contributed by atoms with van der Waals surface area (Å²) in [5, 5.41) is 9.31. The Morgan fingerprint density at radius 2 is 1.83 bits per heavy atom. The van der Waals surface area contributed by atoms with Crippen molar-refractivity contribution in [2.24, 2.45) is 0 Å². The Bertz CT molecular complexity index is 794. The second-order valence-electron chi connectivity index (χ2n) is 5.06. The molecule has 0 saturated carbocycles. The van der Waals surface area contributed by atoms with Crippen LogP contribution in [0.15, 0.2) is 42.5 Å². The Labute approximate surface area is 131 Å². The van der Waals surface area contributed by atoms with Crippen LogP contribution in [0.2, 0.25) is 0 Å². The topological polar surface area (TPSA) is 113 Å². The van der Waals surface area contributed by atoms with E-state index in [1.165, 1.54) is 30.3 Å². The average molecular weight is 336 g/mol. The fourth-order valence-corrected chi connectivity index (χ4v) is 2.80. The van der Waals surface area contributed by atoms with Gasteiger partial charge >= 0.3 is 7.82 Å². The maximum atomic E-state index is 12.6. The number of fused-ring (bicyclic) bond motifs is 1. The highest BCUT2D eigenvalue weighted by Crippen LogP contribution is 2.41. The van der Waals surface area contributed by atoms with Gasteiger partial charge < -0.3 is 14.4 Å². The van der Waals surface area contributed by atoms with Crippen LogP contribution in [0.25, 0.3) is 0 Å². The van der Waals surface area contributed by atoms with Gasteiger partial charge in [0.15, 0.2) is 5.78 Å². The molecule has 0 aromatic heterocycles. The second kappa shape index (κ2) is 5.70. The second-order valence-corrected chi connectivity index (χ2v) is 6.22. The molecule has 0 radical (unpaired) electrons. The average Bonchev–Trinajstić information content (AvgIpc) is 2.47. The maximum absolute atomic E-state index is 12.6. The molecule has 0 fully saturated rings. The molecule has 1 unspecified atom stereocenters. The molecule has 8 heteroatoms. The van der Waals surface area contributed by atoms with E-state index in [4.69, 9.17) is 14.5 Å². The van der Waals surface area contributed by atoms with Gasteiger partial charge in [-0.25, -0.2) is 4.57 Å². The fourth-order valence-electron chi connectivity index (χ4n) is 2.41. The van der Waals surface area contributed by atoms with Crippen LogP contribution in [0.4, 0.5) is 0 Å². The van der Waals surface area contributed by atoms with Crippen LogP contribution < -0.4 is 9.26 Å². The SMILES string of the molecule is O=C1c2ccc(OP(=O)(O)O)cc2OCC1c1ccc(O)cc1. The standard InChI is InChI=1S/C15H13O7P/c16-10-3-1-9(2-4-10)13-8-21-14-7-11(22-23(18,19)20)5-6-12(14)15(13)17/h1-7,13,16H,8H2,(H2,18,19,20). The Hall–Kier alpha value is -2.34. The highest BCUT2D eigenvalue weighted by Gasteiger charge is 2.31. The maximum Gasteiger partial charge on any atom is 0.524 e. The fraction of sp³-hybridized carbons (Fsp3) is 0.133. The minimum absolute atomic E-state index is 0.0760. The third-order valence-electron chi connectivity index (χ3n) is 3.46. The number of hydrogen-bond donors (Lipinski definition) is 3. The van der Waals surface area contributed by atoms with Gasteiger partial charge in [-0.1, -0.05) is 12.1 Å². The van der Waals surface area contributed by atoms with Gasteiger partial charge in [-0.2, -0.15) is 0 Å². The van der Waals surface area contributed by atoms with Gasteiger partial charge in [-0.15, -0.1) is 0 Å². The Morgan fingerprint density at radius 1 is 1.13 bits per heavy atom. The molecular weight excluding hydrogens is 323 g/mol. The number of carbonyl (C=O) groups is 1. The van der Waals surface area contributed by atoms with E-state index in [0.717, 1.165) is 0 Å². The molecule has 0 aliphatic carbocycles. The van der Waals surface area contributed by atoms with E-state index < -0.39 is 13.7 Å². The van der Waals surface area contributed by atoms with Crippen LogP contribution in [0.3, 0.4) is 0 Å². The monoisotopic (exact) mass is 336 g/mol. The molecule has 1 atom stereocenters. The summed E-state index contributed by atoms with van der Waals surface area (Å²) < 4.78 is 20.8. The summed E-state index contributed by atoms with van der Waals surface area (Å²) in [6, 6.07) is 10.3. The molecule has 3 N–H and O–H groups in total. The molecule has 0 saturated heterocycles. The number of aromatic hydroxyl groups is 1. The van der Waals surface area contributed by atoms with Gasteiger partial charge in [0.2, 0.25) is 0 Å². The molecule has 0 bridgehead atoms. The number of Topliss-reactive ketones (excluding diaryl/α,β-unsaturated/α-hetero) is 1. The van der Waals surface area contributed by atoms with Crippen molar-refractivity contribution in [2.75, 3.05) is 6.61 Å². The van der Waals surface area contributed by atoms with Crippen molar-refractivity contribution in [1.82, 2.24) is 0 Å². The quantitative estimate of drug-likeness (QED) is 0.737. The number of carbonyl (C=O) groups excluding carboxylic acids is 1. The third kappa shape index (κ3) is 3.37. The summed E-state index contributed by atoms with van der Waals surface area (Å²) in [6.07, 6.45) is 0. The van der Waals surface area contributed by atoms with E-state index in [1.54, 1.807) is 12.1 Å². The number of ether oxygens (including phenoxy) is 1. The van der Waals surface area contributed by atoms with Crippen LogP contribution in [0.5, 0.6) is 17.2 Å². The summed E-state index contributed by atoms with van der Waals surface area (Å²) >= 11 is 0. The first-order valence-corrected chi connectivity index (χ1v) is 8.22. The van der Waals surface area contributed by atoms with E-state index in [-0.39, 0.29) is 29.6 Å². The largest absolute Gasteiger partial charge is 0.524 e. The number of phenolic OH excluding ortho intramolecular Hbond substituents is 1. The lowest BCUT2D eigenvalue weighted by atomic mass is 9.89. The summed E-state index contributed by atoms with van der Waals surface area (Å²) in [5.41, 5.74) is 1.03. The van der Waals surface area contributed by atoms with Crippen molar-refractivity contribution >= 4 is 13.6 Å². The Kier molecular flexibility index (Phi) is 3.85. The molecule has 7 nitrogen and oxygen atoms in total. The summed E-state index contributed by atoms with van der Waals surface area (Å²) in [4.78, 5) is 30.2. The summed E-state index contributed by atoms with van der Waals surface area (Å²) in [7, 11) is -4.67. The Morgan fingerprint density at radius 3 is 2.48 bits per heavy atom. The lowest BCUT2D eigenvalue weighted by Crippen LogP contribution is -2.25. The minimum Gasteiger partial charge on any atom is -0.508 e. The predicted octanol–water partition coefficient (Wildman–Crippen LogP) is 2.22. The van der Waals surface area contributed by atoms with Crippen LogP contribution in [-0.4, -0.2) is 27.3 Å². The van der Waals surface area contributed by atoms with Gasteiger partial charge in [-0.3, -0.25) is 14.6 Å².